The second-order valence-corrected chi connectivity index (χ2v) is 9.35. The Balaban J connectivity index is 2.17. The van der Waals surface area contributed by atoms with Crippen molar-refractivity contribution < 1.29 is 17.4 Å². The first-order chi connectivity index (χ1) is 14.2. The third kappa shape index (κ3) is 7.48. The van der Waals surface area contributed by atoms with E-state index in [2.05, 4.69) is 6.92 Å². The molecule has 0 unspecified atom stereocenters. The van der Waals surface area contributed by atoms with E-state index in [0.717, 1.165) is 31.1 Å². The molecule has 2 aromatic rings. The van der Waals surface area contributed by atoms with Crippen LogP contribution in [0.1, 0.15) is 67.9 Å². The average Bonchev–Trinajstić information content (AvgIpc) is 2.71. The molecule has 0 aliphatic heterocycles. The van der Waals surface area contributed by atoms with Gasteiger partial charge in [-0.1, -0.05) is 51.0 Å². The van der Waals surface area contributed by atoms with Crippen LogP contribution in [0.3, 0.4) is 0 Å². The minimum atomic E-state index is -3.60. The van der Waals surface area contributed by atoms with Crippen LogP contribution >= 0.6 is 0 Å². The number of unbranched alkanes of at least 4 members (excludes halogenated alkanes) is 2. The number of hydrogen-bond acceptors (Lipinski definition) is 4. The topological polar surface area (TPSA) is 63.7 Å². The molecule has 0 aromatic heterocycles. The van der Waals surface area contributed by atoms with Crippen molar-refractivity contribution in [3.8, 4) is 5.75 Å². The van der Waals surface area contributed by atoms with Gasteiger partial charge in [0.1, 0.15) is 5.75 Å². The van der Waals surface area contributed by atoms with Gasteiger partial charge in [0, 0.05) is 18.2 Å². The van der Waals surface area contributed by atoms with Crippen molar-refractivity contribution in [2.75, 3.05) is 6.26 Å². The molecule has 0 N–H and O–H groups in total. The van der Waals surface area contributed by atoms with E-state index >= 15 is 0 Å². The van der Waals surface area contributed by atoms with Gasteiger partial charge in [-0.05, 0) is 61.6 Å². The zero-order valence-corrected chi connectivity index (χ0v) is 19.2. The molecule has 1 atom stereocenters. The van der Waals surface area contributed by atoms with Crippen LogP contribution in [0.25, 0.3) is 0 Å². The number of carbonyl (C=O) groups is 1. The molecule has 30 heavy (non-hydrogen) atoms. The molecule has 0 aliphatic carbocycles. The number of rotatable bonds is 11. The summed E-state index contributed by atoms with van der Waals surface area (Å²) in [4.78, 5) is 15.1. The molecule has 0 radical (unpaired) electrons. The highest BCUT2D eigenvalue weighted by molar-refractivity contribution is 7.86. The van der Waals surface area contributed by atoms with Crippen LogP contribution in [0, 0.1) is 0 Å². The predicted molar refractivity (Wildman–Crippen MR) is 121 cm³/mol. The fourth-order valence-electron chi connectivity index (χ4n) is 3.27. The molecule has 5 nitrogen and oxygen atoms in total. The first-order valence-electron chi connectivity index (χ1n) is 10.6. The summed E-state index contributed by atoms with van der Waals surface area (Å²) in [5, 5.41) is 0. The zero-order chi connectivity index (χ0) is 22.1. The Kier molecular flexibility index (Phi) is 8.90. The normalized spacial score (nSPS) is 12.4. The van der Waals surface area contributed by atoms with Crippen molar-refractivity contribution >= 4 is 16.0 Å². The van der Waals surface area contributed by atoms with Gasteiger partial charge < -0.3 is 9.08 Å². The van der Waals surface area contributed by atoms with Gasteiger partial charge in [-0.3, -0.25) is 4.79 Å². The number of benzene rings is 2. The molecule has 6 heteroatoms. The van der Waals surface area contributed by atoms with Crippen molar-refractivity contribution in [2.45, 2.75) is 65.5 Å². The fourth-order valence-corrected chi connectivity index (χ4v) is 3.73. The zero-order valence-electron chi connectivity index (χ0n) is 18.4. The van der Waals surface area contributed by atoms with Crippen LogP contribution in [0.15, 0.2) is 48.5 Å². The van der Waals surface area contributed by atoms with E-state index in [0.29, 0.717) is 12.1 Å². The van der Waals surface area contributed by atoms with Crippen LogP contribution in [-0.2, 0) is 23.1 Å². The Morgan fingerprint density at radius 3 is 2.33 bits per heavy atom. The molecule has 0 saturated carbocycles. The maximum Gasteiger partial charge on any atom is 0.306 e. The summed E-state index contributed by atoms with van der Waals surface area (Å²) in [7, 11) is -3.60. The van der Waals surface area contributed by atoms with Crippen LogP contribution in [-0.4, -0.2) is 31.5 Å². The minimum Gasteiger partial charge on any atom is -0.383 e. The summed E-state index contributed by atoms with van der Waals surface area (Å²) in [5.41, 5.74) is 2.74. The van der Waals surface area contributed by atoms with Gasteiger partial charge in [-0.25, -0.2) is 0 Å². The SMILES string of the molecule is CCCCCc1ccc(C(=O)N(Cc2cccc(OS(C)(=O)=O)c2)[C@H](C)CC)cc1. The number of carbonyl (C=O) groups excluding carboxylic acids is 1. The summed E-state index contributed by atoms with van der Waals surface area (Å²) in [6, 6.07) is 14.8. The fraction of sp³-hybridized carbons (Fsp3) is 0.458. The lowest BCUT2D eigenvalue weighted by Crippen LogP contribution is -2.37. The van der Waals surface area contributed by atoms with Gasteiger partial charge >= 0.3 is 10.1 Å². The van der Waals surface area contributed by atoms with Crippen molar-refractivity contribution in [1.29, 1.82) is 0 Å². The smallest absolute Gasteiger partial charge is 0.306 e. The maximum absolute atomic E-state index is 13.2. The van der Waals surface area contributed by atoms with E-state index < -0.39 is 10.1 Å². The second kappa shape index (κ2) is 11.2. The quantitative estimate of drug-likeness (QED) is 0.362. The lowest BCUT2D eigenvalue weighted by molar-refractivity contribution is 0.0671. The molecule has 2 rings (SSSR count). The number of hydrogen-bond donors (Lipinski definition) is 0. The monoisotopic (exact) mass is 431 g/mol. The third-order valence-electron chi connectivity index (χ3n) is 5.15. The van der Waals surface area contributed by atoms with Crippen molar-refractivity contribution in [2.24, 2.45) is 0 Å². The number of nitrogens with zero attached hydrogens (tertiary/aromatic N) is 1. The average molecular weight is 432 g/mol. The molecule has 164 valence electrons. The molecule has 0 spiro atoms. The first-order valence-corrected chi connectivity index (χ1v) is 12.4. The summed E-state index contributed by atoms with van der Waals surface area (Å²) < 4.78 is 27.8. The van der Waals surface area contributed by atoms with Gasteiger partial charge in [0.15, 0.2) is 0 Å². The van der Waals surface area contributed by atoms with Crippen molar-refractivity contribution in [3.63, 3.8) is 0 Å². The van der Waals surface area contributed by atoms with Gasteiger partial charge in [0.25, 0.3) is 5.91 Å². The Morgan fingerprint density at radius 2 is 1.73 bits per heavy atom. The summed E-state index contributed by atoms with van der Waals surface area (Å²) in [6.45, 7) is 6.64. The highest BCUT2D eigenvalue weighted by Gasteiger charge is 2.21. The highest BCUT2D eigenvalue weighted by Crippen LogP contribution is 2.20. The van der Waals surface area contributed by atoms with Gasteiger partial charge in [0.2, 0.25) is 0 Å². The number of aryl methyl sites for hydroxylation is 1. The summed E-state index contributed by atoms with van der Waals surface area (Å²) >= 11 is 0. The molecule has 0 heterocycles. The molecule has 2 aromatic carbocycles. The molecule has 0 fully saturated rings. The molecule has 0 saturated heterocycles. The molecule has 1 amide bonds. The lowest BCUT2D eigenvalue weighted by atomic mass is 10.0. The highest BCUT2D eigenvalue weighted by atomic mass is 32.2. The van der Waals surface area contributed by atoms with E-state index in [1.165, 1.54) is 18.4 Å². The Bertz CT molecular complexity index is 922. The van der Waals surface area contributed by atoms with E-state index in [-0.39, 0.29) is 17.7 Å². The van der Waals surface area contributed by atoms with E-state index in [4.69, 9.17) is 4.18 Å². The number of amides is 1. The standard InChI is InChI=1S/C24H33NO4S/c1-5-7-8-10-20-13-15-22(16-14-20)24(26)25(19(3)6-2)18-21-11-9-12-23(17-21)29-30(4,27)28/h9,11-17,19H,5-8,10,18H2,1-4H3/t19-/m1/s1. The Hall–Kier alpha value is -2.34. The van der Waals surface area contributed by atoms with Crippen molar-refractivity contribution in [3.05, 3.63) is 65.2 Å². The summed E-state index contributed by atoms with van der Waals surface area (Å²) in [6.07, 6.45) is 6.43. The van der Waals surface area contributed by atoms with Crippen LogP contribution in [0.4, 0.5) is 0 Å². The second-order valence-electron chi connectivity index (χ2n) is 7.78. The van der Waals surface area contributed by atoms with Crippen LogP contribution < -0.4 is 4.18 Å². The van der Waals surface area contributed by atoms with Gasteiger partial charge in [0.05, 0.1) is 6.26 Å². The van der Waals surface area contributed by atoms with Gasteiger partial charge in [-0.15, -0.1) is 0 Å². The lowest BCUT2D eigenvalue weighted by Gasteiger charge is -2.29. The van der Waals surface area contributed by atoms with E-state index in [1.54, 1.807) is 18.2 Å². The first kappa shape index (κ1) is 23.9. The molecular weight excluding hydrogens is 398 g/mol. The van der Waals surface area contributed by atoms with E-state index in [1.807, 2.05) is 49.1 Å². The largest absolute Gasteiger partial charge is 0.383 e. The van der Waals surface area contributed by atoms with Crippen LogP contribution in [0.5, 0.6) is 5.75 Å². The van der Waals surface area contributed by atoms with Crippen molar-refractivity contribution in [1.82, 2.24) is 4.90 Å². The molecule has 0 bridgehead atoms. The third-order valence-corrected chi connectivity index (χ3v) is 5.65. The Morgan fingerprint density at radius 1 is 1.03 bits per heavy atom. The predicted octanol–water partition coefficient (Wildman–Crippen LogP) is 5.20. The minimum absolute atomic E-state index is 0.0288. The maximum atomic E-state index is 13.2. The Labute approximate surface area is 181 Å². The van der Waals surface area contributed by atoms with Crippen LogP contribution in [0.2, 0.25) is 0 Å². The molecule has 0 aliphatic rings. The summed E-state index contributed by atoms with van der Waals surface area (Å²) in [5.74, 6) is 0.224. The molecular formula is C24H33NO4S. The van der Waals surface area contributed by atoms with Gasteiger partial charge in [-0.2, -0.15) is 8.42 Å². The van der Waals surface area contributed by atoms with E-state index in [9.17, 15) is 13.2 Å².